The molecule has 0 unspecified atom stereocenters. The zero-order valence-electron chi connectivity index (χ0n) is 9.83. The Morgan fingerprint density at radius 3 is 2.53 bits per heavy atom. The quantitative estimate of drug-likeness (QED) is 0.855. The van der Waals surface area contributed by atoms with Crippen LogP contribution in [0.1, 0.15) is 18.4 Å². The van der Waals surface area contributed by atoms with Gasteiger partial charge in [0.1, 0.15) is 0 Å². The minimum absolute atomic E-state index is 0.0649. The second kappa shape index (κ2) is 5.10. The largest absolute Gasteiger partial charge is 0.381 e. The van der Waals surface area contributed by atoms with Gasteiger partial charge in [0.25, 0.3) is 5.92 Å². The van der Waals surface area contributed by atoms with E-state index in [0.29, 0.717) is 0 Å². The molecule has 1 N–H and O–H groups in total. The number of benzene rings is 1. The number of rotatable bonds is 5. The number of ether oxygens (including phenoxy) is 1. The predicted octanol–water partition coefficient (Wildman–Crippen LogP) is 2.55. The fourth-order valence-corrected chi connectivity index (χ4v) is 1.98. The summed E-state index contributed by atoms with van der Waals surface area (Å²) in [5.74, 6) is -2.81. The Hall–Kier alpha value is -1.00. The molecule has 1 fully saturated rings. The molecule has 0 radical (unpaired) electrons. The van der Waals surface area contributed by atoms with Crippen LogP contribution < -0.4 is 5.32 Å². The summed E-state index contributed by atoms with van der Waals surface area (Å²) < 4.78 is 32.6. The molecule has 1 aliphatic carbocycles. The summed E-state index contributed by atoms with van der Waals surface area (Å²) in [7, 11) is 1.65. The highest BCUT2D eigenvalue weighted by atomic mass is 19.3. The van der Waals surface area contributed by atoms with Crippen LogP contribution in [0, 0.1) is 0 Å². The highest BCUT2D eigenvalue weighted by molar-refractivity contribution is 5.20. The van der Waals surface area contributed by atoms with E-state index in [9.17, 15) is 8.78 Å². The lowest BCUT2D eigenvalue weighted by molar-refractivity contribution is -0.0251. The maximum absolute atomic E-state index is 13.8. The number of methoxy groups -OCH3 is 1. The number of nitrogens with one attached hydrogen (secondary N) is 1. The van der Waals surface area contributed by atoms with Gasteiger partial charge in [0.2, 0.25) is 0 Å². The van der Waals surface area contributed by atoms with Gasteiger partial charge in [-0.3, -0.25) is 0 Å². The number of halogens is 2. The molecule has 17 heavy (non-hydrogen) atoms. The van der Waals surface area contributed by atoms with Crippen molar-refractivity contribution in [2.75, 3.05) is 13.7 Å². The first-order chi connectivity index (χ1) is 8.12. The van der Waals surface area contributed by atoms with E-state index in [1.165, 1.54) is 12.1 Å². The van der Waals surface area contributed by atoms with Crippen molar-refractivity contribution in [3.63, 3.8) is 0 Å². The Balaban J connectivity index is 1.82. The molecule has 0 bridgehead atoms. The van der Waals surface area contributed by atoms with Gasteiger partial charge in [-0.25, -0.2) is 0 Å². The van der Waals surface area contributed by atoms with Crippen LogP contribution in [0.25, 0.3) is 0 Å². The van der Waals surface area contributed by atoms with Crippen LogP contribution in [0.4, 0.5) is 8.78 Å². The molecule has 0 heterocycles. The van der Waals surface area contributed by atoms with E-state index in [1.54, 1.807) is 25.3 Å². The van der Waals surface area contributed by atoms with Gasteiger partial charge < -0.3 is 10.1 Å². The van der Waals surface area contributed by atoms with Crippen molar-refractivity contribution in [2.45, 2.75) is 30.9 Å². The summed E-state index contributed by atoms with van der Waals surface area (Å²) >= 11 is 0. The molecule has 0 aliphatic heterocycles. The summed E-state index contributed by atoms with van der Waals surface area (Å²) in [6.45, 7) is -0.307. The van der Waals surface area contributed by atoms with E-state index in [4.69, 9.17) is 4.74 Å². The molecule has 1 saturated carbocycles. The van der Waals surface area contributed by atoms with E-state index in [1.807, 2.05) is 0 Å². The first-order valence-electron chi connectivity index (χ1n) is 5.81. The zero-order chi connectivity index (χ0) is 12.3. The number of hydrogen-bond donors (Lipinski definition) is 1. The first-order valence-corrected chi connectivity index (χ1v) is 5.81. The van der Waals surface area contributed by atoms with Crippen molar-refractivity contribution in [1.82, 2.24) is 5.32 Å². The minimum Gasteiger partial charge on any atom is -0.381 e. The Kier molecular flexibility index (Phi) is 3.74. The van der Waals surface area contributed by atoms with Gasteiger partial charge in [0, 0.05) is 18.7 Å². The predicted molar refractivity (Wildman–Crippen MR) is 62.2 cm³/mol. The van der Waals surface area contributed by atoms with Crippen LogP contribution in [0.3, 0.4) is 0 Å². The second-order valence-electron chi connectivity index (χ2n) is 4.48. The molecule has 0 saturated heterocycles. The molecule has 0 spiro atoms. The van der Waals surface area contributed by atoms with Crippen LogP contribution in [0.5, 0.6) is 0 Å². The fourth-order valence-electron chi connectivity index (χ4n) is 1.98. The lowest BCUT2D eigenvalue weighted by atomic mass is 9.89. The molecule has 2 nitrogen and oxygen atoms in total. The van der Waals surface area contributed by atoms with Crippen molar-refractivity contribution in [2.24, 2.45) is 0 Å². The minimum atomic E-state index is -2.81. The third kappa shape index (κ3) is 3.01. The normalized spacial score (nSPS) is 24.4. The maximum atomic E-state index is 13.8. The molecule has 94 valence electrons. The molecule has 0 atom stereocenters. The van der Waals surface area contributed by atoms with E-state index >= 15 is 0 Å². The molecule has 0 amide bonds. The summed E-state index contributed by atoms with van der Waals surface area (Å²) in [6.07, 6.45) is 1.88. The van der Waals surface area contributed by atoms with Gasteiger partial charge in [-0.15, -0.1) is 0 Å². The van der Waals surface area contributed by atoms with Gasteiger partial charge >= 0.3 is 0 Å². The van der Waals surface area contributed by atoms with Crippen molar-refractivity contribution in [3.05, 3.63) is 35.9 Å². The Bertz CT molecular complexity index is 350. The van der Waals surface area contributed by atoms with Gasteiger partial charge in [-0.05, 0) is 12.8 Å². The molecule has 1 aliphatic rings. The smallest absolute Gasteiger partial charge is 0.285 e. The van der Waals surface area contributed by atoms with Crippen molar-refractivity contribution < 1.29 is 13.5 Å². The highest BCUT2D eigenvalue weighted by Gasteiger charge is 2.35. The van der Waals surface area contributed by atoms with Crippen molar-refractivity contribution >= 4 is 0 Å². The maximum Gasteiger partial charge on any atom is 0.285 e. The first kappa shape index (κ1) is 12.5. The SMILES string of the molecule is COC1CC(NCC(F)(F)c2ccccc2)C1. The molecule has 0 aromatic heterocycles. The molecular formula is C13H17F2NO. The van der Waals surface area contributed by atoms with Crippen LogP contribution in [0.2, 0.25) is 0 Å². The average molecular weight is 241 g/mol. The van der Waals surface area contributed by atoms with E-state index in [-0.39, 0.29) is 24.3 Å². The average Bonchev–Trinajstić information content (AvgIpc) is 2.28. The van der Waals surface area contributed by atoms with Gasteiger partial charge in [-0.1, -0.05) is 30.3 Å². The van der Waals surface area contributed by atoms with Crippen LogP contribution in [0.15, 0.2) is 30.3 Å². The van der Waals surface area contributed by atoms with Gasteiger partial charge in [-0.2, -0.15) is 8.78 Å². The van der Waals surface area contributed by atoms with E-state index in [0.717, 1.165) is 12.8 Å². The topological polar surface area (TPSA) is 21.3 Å². The molecule has 4 heteroatoms. The Labute approximate surface area is 100.0 Å². The van der Waals surface area contributed by atoms with Crippen molar-refractivity contribution in [1.29, 1.82) is 0 Å². The standard InChI is InChI=1S/C13H17F2NO/c1-17-12-7-11(8-12)16-9-13(14,15)10-5-3-2-4-6-10/h2-6,11-12,16H,7-9H2,1H3. The Morgan fingerprint density at radius 1 is 1.29 bits per heavy atom. The van der Waals surface area contributed by atoms with Crippen LogP contribution >= 0.6 is 0 Å². The van der Waals surface area contributed by atoms with Crippen LogP contribution in [-0.2, 0) is 10.7 Å². The molecule has 2 rings (SSSR count). The number of alkyl halides is 2. The molecular weight excluding hydrogens is 224 g/mol. The van der Waals surface area contributed by atoms with E-state index < -0.39 is 5.92 Å². The lowest BCUT2D eigenvalue weighted by Gasteiger charge is -2.35. The third-order valence-corrected chi connectivity index (χ3v) is 3.24. The fraction of sp³-hybridized carbons (Fsp3) is 0.538. The van der Waals surface area contributed by atoms with Crippen molar-refractivity contribution in [3.8, 4) is 0 Å². The van der Waals surface area contributed by atoms with Gasteiger partial charge in [0.15, 0.2) is 0 Å². The second-order valence-corrected chi connectivity index (χ2v) is 4.48. The summed E-state index contributed by atoms with van der Waals surface area (Å²) in [6, 6.07) is 8.08. The van der Waals surface area contributed by atoms with Crippen LogP contribution in [-0.4, -0.2) is 25.8 Å². The van der Waals surface area contributed by atoms with Gasteiger partial charge in [0.05, 0.1) is 12.6 Å². The molecule has 1 aromatic carbocycles. The Morgan fingerprint density at radius 2 is 1.94 bits per heavy atom. The van der Waals surface area contributed by atoms with E-state index in [2.05, 4.69) is 5.32 Å². The summed E-state index contributed by atoms with van der Waals surface area (Å²) in [4.78, 5) is 0. The summed E-state index contributed by atoms with van der Waals surface area (Å²) in [5.41, 5.74) is 0.0649. The zero-order valence-corrected chi connectivity index (χ0v) is 9.83. The molecule has 1 aromatic rings. The monoisotopic (exact) mass is 241 g/mol. The third-order valence-electron chi connectivity index (χ3n) is 3.24. The highest BCUT2D eigenvalue weighted by Crippen LogP contribution is 2.29. The number of hydrogen-bond acceptors (Lipinski definition) is 2. The lowest BCUT2D eigenvalue weighted by Crippen LogP contribution is -2.48. The summed E-state index contributed by atoms with van der Waals surface area (Å²) in [5, 5.41) is 2.89.